The van der Waals surface area contributed by atoms with Crippen molar-refractivity contribution in [3.8, 4) is 11.5 Å². The summed E-state index contributed by atoms with van der Waals surface area (Å²) in [7, 11) is 2.93. The van der Waals surface area contributed by atoms with Crippen LogP contribution in [0.4, 0.5) is 0 Å². The van der Waals surface area contributed by atoms with Crippen molar-refractivity contribution < 1.29 is 28.9 Å². The van der Waals surface area contributed by atoms with Crippen LogP contribution in [0.2, 0.25) is 0 Å². The number of hydrogen-bond acceptors (Lipinski definition) is 5. The zero-order valence-electron chi connectivity index (χ0n) is 13.9. The SMILES string of the molecule is COc1cccc(OC)c1C(=O)NCC(C(=O)O)C1CCOCC1. The quantitative estimate of drug-likeness (QED) is 0.784. The Bertz CT molecular complexity index is 560. The van der Waals surface area contributed by atoms with Crippen molar-refractivity contribution in [2.24, 2.45) is 11.8 Å². The van der Waals surface area contributed by atoms with Crippen LogP contribution in [0.15, 0.2) is 18.2 Å². The van der Waals surface area contributed by atoms with Gasteiger partial charge >= 0.3 is 5.97 Å². The summed E-state index contributed by atoms with van der Waals surface area (Å²) in [6.45, 7) is 1.17. The highest BCUT2D eigenvalue weighted by Gasteiger charge is 2.30. The number of benzene rings is 1. The molecule has 1 atom stereocenters. The Morgan fingerprint density at radius 2 is 1.83 bits per heavy atom. The molecular formula is C17H23NO6. The van der Waals surface area contributed by atoms with Crippen LogP contribution in [-0.2, 0) is 9.53 Å². The molecule has 0 spiro atoms. The van der Waals surface area contributed by atoms with E-state index in [2.05, 4.69) is 5.32 Å². The van der Waals surface area contributed by atoms with Gasteiger partial charge in [0, 0.05) is 19.8 Å². The van der Waals surface area contributed by atoms with E-state index in [0.29, 0.717) is 37.6 Å². The first-order valence-corrected chi connectivity index (χ1v) is 7.88. The number of aliphatic carboxylic acids is 1. The van der Waals surface area contributed by atoms with Gasteiger partial charge in [-0.1, -0.05) is 6.07 Å². The molecule has 0 radical (unpaired) electrons. The lowest BCUT2D eigenvalue weighted by Gasteiger charge is -2.27. The van der Waals surface area contributed by atoms with Gasteiger partial charge in [-0.25, -0.2) is 0 Å². The van der Waals surface area contributed by atoms with Crippen molar-refractivity contribution in [3.63, 3.8) is 0 Å². The van der Waals surface area contributed by atoms with E-state index in [9.17, 15) is 14.7 Å². The van der Waals surface area contributed by atoms with Crippen molar-refractivity contribution in [1.82, 2.24) is 5.32 Å². The third-order valence-corrected chi connectivity index (χ3v) is 4.29. The number of carbonyl (C=O) groups excluding carboxylic acids is 1. The molecule has 1 unspecified atom stereocenters. The van der Waals surface area contributed by atoms with Crippen LogP contribution in [0.25, 0.3) is 0 Å². The van der Waals surface area contributed by atoms with E-state index in [1.54, 1.807) is 18.2 Å². The monoisotopic (exact) mass is 337 g/mol. The zero-order chi connectivity index (χ0) is 17.5. The van der Waals surface area contributed by atoms with Gasteiger partial charge in [-0.05, 0) is 30.9 Å². The number of amides is 1. The van der Waals surface area contributed by atoms with Crippen molar-refractivity contribution in [2.45, 2.75) is 12.8 Å². The van der Waals surface area contributed by atoms with Crippen LogP contribution < -0.4 is 14.8 Å². The predicted octanol–water partition coefficient (Wildman–Crippen LogP) is 1.56. The Balaban J connectivity index is 2.09. The minimum atomic E-state index is -0.908. The number of carbonyl (C=O) groups is 2. The second-order valence-electron chi connectivity index (χ2n) is 5.64. The molecule has 1 aromatic rings. The fourth-order valence-corrected chi connectivity index (χ4v) is 2.94. The summed E-state index contributed by atoms with van der Waals surface area (Å²) in [6.07, 6.45) is 1.37. The van der Waals surface area contributed by atoms with E-state index in [1.807, 2.05) is 0 Å². The Hall–Kier alpha value is -2.28. The van der Waals surface area contributed by atoms with Gasteiger partial charge in [-0.3, -0.25) is 9.59 Å². The number of methoxy groups -OCH3 is 2. The molecule has 7 nitrogen and oxygen atoms in total. The first-order valence-electron chi connectivity index (χ1n) is 7.88. The van der Waals surface area contributed by atoms with E-state index in [1.165, 1.54) is 14.2 Å². The normalized spacial score (nSPS) is 16.2. The summed E-state index contributed by atoms with van der Waals surface area (Å²) in [5.41, 5.74) is 0.263. The van der Waals surface area contributed by atoms with E-state index < -0.39 is 17.8 Å². The molecule has 0 bridgehead atoms. The van der Waals surface area contributed by atoms with E-state index >= 15 is 0 Å². The highest BCUT2D eigenvalue weighted by Crippen LogP contribution is 2.28. The molecule has 24 heavy (non-hydrogen) atoms. The van der Waals surface area contributed by atoms with Gasteiger partial charge in [0.25, 0.3) is 5.91 Å². The number of hydrogen-bond donors (Lipinski definition) is 2. The Labute approximate surface area is 140 Å². The van der Waals surface area contributed by atoms with Gasteiger partial charge in [0.05, 0.1) is 20.1 Å². The number of ether oxygens (including phenoxy) is 3. The van der Waals surface area contributed by atoms with Crippen LogP contribution >= 0.6 is 0 Å². The lowest BCUT2D eigenvalue weighted by atomic mass is 9.86. The molecule has 1 aliphatic heterocycles. The first-order chi connectivity index (χ1) is 11.6. The largest absolute Gasteiger partial charge is 0.496 e. The van der Waals surface area contributed by atoms with Crippen LogP contribution in [0.1, 0.15) is 23.2 Å². The standard InChI is InChI=1S/C17H23NO6/c1-22-13-4-3-5-14(23-2)15(13)16(19)18-10-12(17(20)21)11-6-8-24-9-7-11/h3-5,11-12H,6-10H2,1-2H3,(H,18,19)(H,20,21). The number of carboxylic acid groups (broad SMARTS) is 1. The predicted molar refractivity (Wildman–Crippen MR) is 86.5 cm³/mol. The molecule has 0 aliphatic carbocycles. The Morgan fingerprint density at radius 1 is 1.25 bits per heavy atom. The van der Waals surface area contributed by atoms with Gasteiger partial charge in [0.1, 0.15) is 17.1 Å². The second kappa shape index (κ2) is 8.54. The average Bonchev–Trinajstić information content (AvgIpc) is 2.61. The molecule has 132 valence electrons. The minimum Gasteiger partial charge on any atom is -0.496 e. The molecule has 2 rings (SSSR count). The Morgan fingerprint density at radius 3 is 2.33 bits per heavy atom. The molecule has 1 aromatic carbocycles. The maximum Gasteiger partial charge on any atom is 0.308 e. The van der Waals surface area contributed by atoms with E-state index in [4.69, 9.17) is 14.2 Å². The van der Waals surface area contributed by atoms with Gasteiger partial charge in [-0.15, -0.1) is 0 Å². The van der Waals surface area contributed by atoms with Crippen molar-refractivity contribution >= 4 is 11.9 Å². The maximum atomic E-state index is 12.5. The molecule has 1 amide bonds. The molecule has 7 heteroatoms. The Kier molecular flexibility index (Phi) is 6.43. The first kappa shape index (κ1) is 18.1. The maximum absolute atomic E-state index is 12.5. The lowest BCUT2D eigenvalue weighted by molar-refractivity contribution is -0.144. The fraction of sp³-hybridized carbons (Fsp3) is 0.529. The lowest BCUT2D eigenvalue weighted by Crippen LogP contribution is -2.39. The summed E-state index contributed by atoms with van der Waals surface area (Å²) in [5, 5.41) is 12.2. The number of rotatable bonds is 7. The number of carboxylic acids is 1. The highest BCUT2D eigenvalue weighted by atomic mass is 16.5. The summed E-state index contributed by atoms with van der Waals surface area (Å²) < 4.78 is 15.7. The van der Waals surface area contributed by atoms with Crippen molar-refractivity contribution in [1.29, 1.82) is 0 Å². The molecule has 2 N–H and O–H groups in total. The second-order valence-corrected chi connectivity index (χ2v) is 5.64. The van der Waals surface area contributed by atoms with Crippen LogP contribution in [0, 0.1) is 11.8 Å². The van der Waals surface area contributed by atoms with Crippen LogP contribution in [-0.4, -0.2) is 51.0 Å². The van der Waals surface area contributed by atoms with Gasteiger partial charge in [0.15, 0.2) is 0 Å². The third kappa shape index (κ3) is 4.17. The molecule has 1 fully saturated rings. The highest BCUT2D eigenvalue weighted by molar-refractivity contribution is 5.99. The minimum absolute atomic E-state index is 0.00360. The molecule has 1 saturated heterocycles. The number of nitrogens with one attached hydrogen (secondary N) is 1. The molecule has 1 aliphatic rings. The molecule has 0 saturated carbocycles. The van der Waals surface area contributed by atoms with Crippen molar-refractivity contribution in [3.05, 3.63) is 23.8 Å². The van der Waals surface area contributed by atoms with Crippen LogP contribution in [0.3, 0.4) is 0 Å². The summed E-state index contributed by atoms with van der Waals surface area (Å²) >= 11 is 0. The smallest absolute Gasteiger partial charge is 0.308 e. The van der Waals surface area contributed by atoms with Gasteiger partial charge in [-0.2, -0.15) is 0 Å². The molecule has 0 aromatic heterocycles. The summed E-state index contributed by atoms with van der Waals surface area (Å²) in [4.78, 5) is 24.1. The fourth-order valence-electron chi connectivity index (χ4n) is 2.94. The average molecular weight is 337 g/mol. The third-order valence-electron chi connectivity index (χ3n) is 4.29. The molecular weight excluding hydrogens is 314 g/mol. The topological polar surface area (TPSA) is 94.1 Å². The van der Waals surface area contributed by atoms with Gasteiger partial charge in [0.2, 0.25) is 0 Å². The summed E-state index contributed by atoms with van der Waals surface area (Å²) in [5.74, 6) is -1.21. The van der Waals surface area contributed by atoms with Gasteiger partial charge < -0.3 is 24.6 Å². The van der Waals surface area contributed by atoms with E-state index in [0.717, 1.165) is 0 Å². The van der Waals surface area contributed by atoms with Crippen LogP contribution in [0.5, 0.6) is 11.5 Å². The van der Waals surface area contributed by atoms with E-state index in [-0.39, 0.29) is 18.0 Å². The zero-order valence-corrected chi connectivity index (χ0v) is 13.9. The molecule has 1 heterocycles. The summed E-state index contributed by atoms with van der Waals surface area (Å²) in [6, 6.07) is 5.03. The van der Waals surface area contributed by atoms with Crippen molar-refractivity contribution in [2.75, 3.05) is 34.0 Å².